The van der Waals surface area contributed by atoms with E-state index in [4.69, 9.17) is 5.14 Å². The summed E-state index contributed by atoms with van der Waals surface area (Å²) < 4.78 is 21.9. The fourth-order valence-electron chi connectivity index (χ4n) is 1.08. The SMILES string of the molecule is Cl.NS(=O)(=O)c1cnc2ccccc2n1. The number of sulfonamides is 1. The van der Waals surface area contributed by atoms with Crippen molar-refractivity contribution in [2.24, 2.45) is 5.14 Å². The van der Waals surface area contributed by atoms with Crippen molar-refractivity contribution in [1.29, 1.82) is 0 Å². The highest BCUT2D eigenvalue weighted by atomic mass is 35.5. The molecule has 7 heteroatoms. The summed E-state index contributed by atoms with van der Waals surface area (Å²) in [7, 11) is -3.77. The number of nitrogens with zero attached hydrogens (tertiary/aromatic N) is 2. The summed E-state index contributed by atoms with van der Waals surface area (Å²) in [5.74, 6) is 0. The zero-order chi connectivity index (χ0) is 10.2. The normalized spacial score (nSPS) is 11.0. The maximum atomic E-state index is 11.0. The largest absolute Gasteiger partial charge is 0.257 e. The first-order valence-electron chi connectivity index (χ1n) is 3.82. The highest BCUT2D eigenvalue weighted by Gasteiger charge is 2.10. The molecule has 15 heavy (non-hydrogen) atoms. The molecule has 0 saturated heterocycles. The van der Waals surface area contributed by atoms with E-state index < -0.39 is 10.0 Å². The molecule has 0 saturated carbocycles. The second-order valence-electron chi connectivity index (χ2n) is 2.74. The van der Waals surface area contributed by atoms with Crippen molar-refractivity contribution in [3.63, 3.8) is 0 Å². The van der Waals surface area contributed by atoms with Crippen LogP contribution in [0.15, 0.2) is 35.5 Å². The van der Waals surface area contributed by atoms with Gasteiger partial charge in [-0.15, -0.1) is 12.4 Å². The summed E-state index contributed by atoms with van der Waals surface area (Å²) in [4.78, 5) is 7.80. The molecule has 1 heterocycles. The summed E-state index contributed by atoms with van der Waals surface area (Å²) in [5.41, 5.74) is 1.15. The van der Waals surface area contributed by atoms with E-state index in [1.54, 1.807) is 24.3 Å². The molecule has 0 unspecified atom stereocenters. The lowest BCUT2D eigenvalue weighted by molar-refractivity contribution is 0.594. The minimum atomic E-state index is -3.77. The minimum absolute atomic E-state index is 0. The van der Waals surface area contributed by atoms with Gasteiger partial charge in [0.2, 0.25) is 0 Å². The van der Waals surface area contributed by atoms with Gasteiger partial charge in [-0.2, -0.15) is 0 Å². The molecule has 0 radical (unpaired) electrons. The van der Waals surface area contributed by atoms with Crippen LogP contribution in [0.25, 0.3) is 11.0 Å². The van der Waals surface area contributed by atoms with Crippen LogP contribution in [0.3, 0.4) is 0 Å². The topological polar surface area (TPSA) is 85.9 Å². The molecular weight excluding hydrogens is 238 g/mol. The third kappa shape index (κ3) is 2.41. The Morgan fingerprint density at radius 3 is 2.33 bits per heavy atom. The first kappa shape index (κ1) is 11.8. The molecule has 0 aliphatic rings. The van der Waals surface area contributed by atoms with Crippen molar-refractivity contribution < 1.29 is 8.42 Å². The van der Waals surface area contributed by atoms with Crippen molar-refractivity contribution in [2.75, 3.05) is 0 Å². The molecule has 0 atom stereocenters. The van der Waals surface area contributed by atoms with E-state index in [1.807, 2.05) is 0 Å². The Bertz CT molecular complexity index is 585. The van der Waals surface area contributed by atoms with Gasteiger partial charge >= 0.3 is 0 Å². The van der Waals surface area contributed by atoms with Crippen LogP contribution < -0.4 is 5.14 Å². The number of primary sulfonamides is 1. The van der Waals surface area contributed by atoms with E-state index in [2.05, 4.69) is 9.97 Å². The van der Waals surface area contributed by atoms with Crippen LogP contribution in [0.4, 0.5) is 0 Å². The van der Waals surface area contributed by atoms with E-state index in [-0.39, 0.29) is 17.4 Å². The number of benzene rings is 1. The fourth-order valence-corrected chi connectivity index (χ4v) is 1.50. The van der Waals surface area contributed by atoms with Gasteiger partial charge in [-0.25, -0.2) is 18.5 Å². The number of fused-ring (bicyclic) bond motifs is 1. The summed E-state index contributed by atoms with van der Waals surface area (Å²) in [5, 5.41) is 4.71. The third-order valence-corrected chi connectivity index (χ3v) is 2.50. The smallest absolute Gasteiger partial charge is 0.252 e. The number of aromatic nitrogens is 2. The predicted octanol–water partition coefficient (Wildman–Crippen LogP) is 0.699. The molecule has 0 fully saturated rings. The van der Waals surface area contributed by atoms with Gasteiger partial charge in [0.15, 0.2) is 5.03 Å². The Kier molecular flexibility index (Phi) is 3.23. The Labute approximate surface area is 92.8 Å². The van der Waals surface area contributed by atoms with Crippen LogP contribution in [0.1, 0.15) is 0 Å². The van der Waals surface area contributed by atoms with Gasteiger partial charge in [0.1, 0.15) is 0 Å². The Morgan fingerprint density at radius 2 is 1.73 bits per heavy atom. The second-order valence-corrected chi connectivity index (χ2v) is 4.25. The summed E-state index contributed by atoms with van der Waals surface area (Å²) in [6, 6.07) is 6.98. The molecule has 0 aliphatic heterocycles. The first-order valence-corrected chi connectivity index (χ1v) is 5.36. The van der Waals surface area contributed by atoms with Gasteiger partial charge in [-0.1, -0.05) is 12.1 Å². The molecule has 2 aromatic rings. The number of para-hydroxylation sites is 2. The number of halogens is 1. The lowest BCUT2D eigenvalue weighted by atomic mass is 10.3. The molecule has 80 valence electrons. The van der Waals surface area contributed by atoms with Crippen LogP contribution in [0.5, 0.6) is 0 Å². The lowest BCUT2D eigenvalue weighted by Gasteiger charge is -1.98. The maximum Gasteiger partial charge on any atom is 0.257 e. The van der Waals surface area contributed by atoms with Crippen molar-refractivity contribution in [3.8, 4) is 0 Å². The molecule has 0 spiro atoms. The van der Waals surface area contributed by atoms with Crippen LogP contribution in [-0.4, -0.2) is 18.4 Å². The first-order chi connectivity index (χ1) is 6.57. The van der Waals surface area contributed by atoms with Crippen molar-refractivity contribution in [2.45, 2.75) is 5.03 Å². The van der Waals surface area contributed by atoms with Gasteiger partial charge in [0, 0.05) is 0 Å². The highest BCUT2D eigenvalue weighted by Crippen LogP contribution is 2.10. The molecule has 5 nitrogen and oxygen atoms in total. The molecule has 0 aliphatic carbocycles. The third-order valence-electron chi connectivity index (χ3n) is 1.72. The van der Waals surface area contributed by atoms with Gasteiger partial charge < -0.3 is 0 Å². The van der Waals surface area contributed by atoms with Crippen LogP contribution >= 0.6 is 12.4 Å². The molecular formula is C8H8ClN3O2S. The monoisotopic (exact) mass is 245 g/mol. The molecule has 0 bridgehead atoms. The average molecular weight is 246 g/mol. The molecule has 1 aromatic carbocycles. The van der Waals surface area contributed by atoms with Gasteiger partial charge in [0.05, 0.1) is 17.2 Å². The zero-order valence-electron chi connectivity index (χ0n) is 7.49. The Morgan fingerprint density at radius 1 is 1.13 bits per heavy atom. The Hall–Kier alpha value is -1.24. The molecule has 2 rings (SSSR count). The lowest BCUT2D eigenvalue weighted by Crippen LogP contribution is -2.14. The summed E-state index contributed by atoms with van der Waals surface area (Å²) >= 11 is 0. The van der Waals surface area contributed by atoms with E-state index >= 15 is 0 Å². The van der Waals surface area contributed by atoms with E-state index in [0.29, 0.717) is 11.0 Å². The number of rotatable bonds is 1. The fraction of sp³-hybridized carbons (Fsp3) is 0. The number of hydrogen-bond acceptors (Lipinski definition) is 4. The number of nitrogens with two attached hydrogens (primary N) is 1. The minimum Gasteiger partial charge on any atom is -0.252 e. The van der Waals surface area contributed by atoms with Gasteiger partial charge in [-0.3, -0.25) is 4.98 Å². The molecule has 2 N–H and O–H groups in total. The zero-order valence-corrected chi connectivity index (χ0v) is 9.12. The van der Waals surface area contributed by atoms with E-state index in [9.17, 15) is 8.42 Å². The van der Waals surface area contributed by atoms with Crippen LogP contribution in [0.2, 0.25) is 0 Å². The second kappa shape index (κ2) is 4.09. The standard InChI is InChI=1S/C8H7N3O2S.ClH/c9-14(12,13)8-5-10-6-3-1-2-4-7(6)11-8;/h1-5H,(H2,9,12,13);1H. The molecule has 0 amide bonds. The maximum absolute atomic E-state index is 11.0. The quantitative estimate of drug-likeness (QED) is 0.801. The van der Waals surface area contributed by atoms with Crippen molar-refractivity contribution >= 4 is 33.5 Å². The predicted molar refractivity (Wildman–Crippen MR) is 58.2 cm³/mol. The number of hydrogen-bond donors (Lipinski definition) is 1. The van der Waals surface area contributed by atoms with E-state index in [1.165, 1.54) is 0 Å². The van der Waals surface area contributed by atoms with Crippen LogP contribution in [-0.2, 0) is 10.0 Å². The van der Waals surface area contributed by atoms with Crippen molar-refractivity contribution in [1.82, 2.24) is 9.97 Å². The Balaban J connectivity index is 0.00000112. The molecule has 1 aromatic heterocycles. The van der Waals surface area contributed by atoms with E-state index in [0.717, 1.165) is 6.20 Å². The summed E-state index contributed by atoms with van der Waals surface area (Å²) in [6.07, 6.45) is 1.15. The van der Waals surface area contributed by atoms with Gasteiger partial charge in [0.25, 0.3) is 10.0 Å². The van der Waals surface area contributed by atoms with Gasteiger partial charge in [-0.05, 0) is 12.1 Å². The highest BCUT2D eigenvalue weighted by molar-refractivity contribution is 7.89. The van der Waals surface area contributed by atoms with Crippen LogP contribution in [0, 0.1) is 0 Å². The average Bonchev–Trinajstić information content (AvgIpc) is 2.16. The summed E-state index contributed by atoms with van der Waals surface area (Å²) in [6.45, 7) is 0. The van der Waals surface area contributed by atoms with Crippen molar-refractivity contribution in [3.05, 3.63) is 30.5 Å².